The molecule has 12 aliphatic heterocycles. The first-order valence-electron chi connectivity index (χ1n) is 37.0. The van der Waals surface area contributed by atoms with Gasteiger partial charge in [-0.15, -0.1) is 12.3 Å². The fraction of sp³-hybridized carbons (Fsp3) is 0.838. The summed E-state index contributed by atoms with van der Waals surface area (Å²) in [6, 6.07) is 3.40. The molecule has 0 aromatic heterocycles. The number of terminal acetylenes is 1. The first-order valence-corrected chi connectivity index (χ1v) is 43.2. The van der Waals surface area contributed by atoms with Crippen molar-refractivity contribution in [1.82, 2.24) is 63.8 Å². The van der Waals surface area contributed by atoms with Gasteiger partial charge in [0, 0.05) is 114 Å². The number of unbranched alkanes of at least 4 members (excludes halogenated alkanes) is 8. The molecular formula is C68H116N18O13S6. The molecule has 12 fully saturated rings. The first kappa shape index (κ1) is 90.1. The molecule has 12 rings (SSSR count). The Morgan fingerprint density at radius 2 is 0.762 bits per heavy atom. The maximum atomic E-state index is 11.6. The molecule has 12 aliphatic rings. The van der Waals surface area contributed by atoms with E-state index >= 15 is 0 Å². The highest BCUT2D eigenvalue weighted by molar-refractivity contribution is 8.01. The number of hydrogen-bond acceptors (Lipinski definition) is 21. The second-order valence-electron chi connectivity index (χ2n) is 29.5. The number of fused-ring (bicyclic) bond motifs is 6. The van der Waals surface area contributed by atoms with Crippen molar-refractivity contribution in [2.24, 2.45) is 10.8 Å². The Morgan fingerprint density at radius 1 is 0.486 bits per heavy atom. The maximum absolute atomic E-state index is 11.6. The molecule has 37 heteroatoms. The molecule has 0 spiro atoms. The summed E-state index contributed by atoms with van der Waals surface area (Å²) in [5.41, 5.74) is 12.6. The van der Waals surface area contributed by atoms with Crippen molar-refractivity contribution in [3.05, 3.63) is 10.4 Å². The van der Waals surface area contributed by atoms with E-state index in [4.69, 9.17) is 48.5 Å². The van der Waals surface area contributed by atoms with Crippen LogP contribution in [0.3, 0.4) is 0 Å². The van der Waals surface area contributed by atoms with Crippen molar-refractivity contribution in [3.8, 4) is 12.3 Å². The number of aliphatic hydroxyl groups excluding tert-OH is 1. The van der Waals surface area contributed by atoms with Crippen molar-refractivity contribution in [2.75, 3.05) is 47.7 Å². The van der Waals surface area contributed by atoms with Crippen LogP contribution in [0.2, 0.25) is 0 Å². The Balaban J connectivity index is 0.000000223. The molecule has 0 radical (unpaired) electrons. The minimum atomic E-state index is -0.729. The maximum Gasteiger partial charge on any atom is 0.315 e. The Labute approximate surface area is 644 Å². The Kier molecular flexibility index (Phi) is 40.7. The van der Waals surface area contributed by atoms with Gasteiger partial charge in [0.15, 0.2) is 0 Å². The lowest BCUT2D eigenvalue weighted by Gasteiger charge is -2.19. The van der Waals surface area contributed by atoms with E-state index in [1.165, 1.54) is 19.3 Å². The molecule has 0 aromatic rings. The topological polar surface area (TPSA) is 490 Å². The molecular weight excluding hydrogens is 1470 g/mol. The monoisotopic (exact) mass is 1580 g/mol. The number of carbonyl (C=O) groups excluding carboxylic acids is 8. The zero-order valence-corrected chi connectivity index (χ0v) is 66.5. The average Bonchev–Trinajstić information content (AvgIpc) is 1.72. The quantitative estimate of drug-likeness (QED) is 0.00525. The molecule has 17 N–H and O–H groups in total. The lowest BCUT2D eigenvalue weighted by Crippen LogP contribution is -2.36. The lowest BCUT2D eigenvalue weighted by molar-refractivity contribution is -0.155. The van der Waals surface area contributed by atoms with Gasteiger partial charge in [-0.2, -0.15) is 70.6 Å². The van der Waals surface area contributed by atoms with E-state index in [2.05, 4.69) is 79.7 Å². The number of aliphatic carboxylic acids is 1. The van der Waals surface area contributed by atoms with Crippen LogP contribution in [0.4, 0.5) is 28.8 Å². The molecule has 0 aliphatic carbocycles. The van der Waals surface area contributed by atoms with Crippen LogP contribution in [0, 0.1) is 23.1 Å². The van der Waals surface area contributed by atoms with Crippen LogP contribution < -0.4 is 69.5 Å². The van der Waals surface area contributed by atoms with Gasteiger partial charge in [-0.25, -0.2) is 28.8 Å². The summed E-state index contributed by atoms with van der Waals surface area (Å²) in [7, 11) is 0. The van der Waals surface area contributed by atoms with E-state index in [0.717, 1.165) is 150 Å². The minimum absolute atomic E-state index is 0.000996. The second kappa shape index (κ2) is 47.4. The number of nitrogens with one attached hydrogen (secondary N) is 12. The van der Waals surface area contributed by atoms with E-state index in [1.807, 2.05) is 91.3 Å². The highest BCUT2D eigenvalue weighted by atomic mass is 32.2. The number of aliphatic hydroxyl groups is 2. The highest BCUT2D eigenvalue weighted by Gasteiger charge is 2.47. The van der Waals surface area contributed by atoms with Crippen LogP contribution >= 0.6 is 70.6 Å². The fourth-order valence-corrected chi connectivity index (χ4v) is 23.2. The van der Waals surface area contributed by atoms with E-state index in [9.17, 15) is 43.2 Å². The molecule has 105 heavy (non-hydrogen) atoms. The Morgan fingerprint density at radius 3 is 1.04 bits per heavy atom. The lowest BCUT2D eigenvalue weighted by atomic mass is 10.0. The van der Waals surface area contributed by atoms with Crippen LogP contribution in [0.1, 0.15) is 189 Å². The number of thioether (sulfide) groups is 6. The molecule has 0 unspecified atom stereocenters. The van der Waals surface area contributed by atoms with Gasteiger partial charge in [0.25, 0.3) is 0 Å². The van der Waals surface area contributed by atoms with Gasteiger partial charge in [-0.1, -0.05) is 38.5 Å². The molecule has 12 heterocycles. The van der Waals surface area contributed by atoms with E-state index < -0.39 is 17.5 Å². The van der Waals surface area contributed by atoms with Crippen molar-refractivity contribution < 1.29 is 63.2 Å². The molecule has 0 saturated carbocycles. The molecule has 0 bridgehead atoms. The molecule has 31 nitrogen and oxygen atoms in total. The summed E-state index contributed by atoms with van der Waals surface area (Å²) >= 11 is 11.5. The Bertz CT molecular complexity index is 2840. The number of azide groups is 1. The third-order valence-corrected chi connectivity index (χ3v) is 27.8. The third-order valence-electron chi connectivity index (χ3n) is 18.7. The van der Waals surface area contributed by atoms with Crippen molar-refractivity contribution in [3.63, 3.8) is 0 Å². The average molecular weight is 1590 g/mol. The molecule has 18 atom stereocenters. The Hall–Kier alpha value is -5.50. The normalized spacial score (nSPS) is 30.2. The van der Waals surface area contributed by atoms with Gasteiger partial charge in [0.1, 0.15) is 5.60 Å². The van der Waals surface area contributed by atoms with Crippen LogP contribution in [-0.4, -0.2) is 232 Å². The predicted molar refractivity (Wildman–Crippen MR) is 417 cm³/mol. The summed E-state index contributed by atoms with van der Waals surface area (Å²) in [4.78, 5) is 102. The summed E-state index contributed by atoms with van der Waals surface area (Å²) in [5.74, 6) is 7.46. The molecule has 13 amide bonds. The van der Waals surface area contributed by atoms with E-state index in [-0.39, 0.29) is 91.0 Å². The molecule has 0 aromatic carbocycles. The van der Waals surface area contributed by atoms with E-state index in [0.29, 0.717) is 86.6 Å². The van der Waals surface area contributed by atoms with Gasteiger partial charge in [0.05, 0.1) is 78.1 Å². The number of ether oxygens (including phenoxy) is 1. The number of urea groups is 6. The first-order chi connectivity index (χ1) is 50.1. The summed E-state index contributed by atoms with van der Waals surface area (Å²) < 4.78 is 5.29. The highest BCUT2D eigenvalue weighted by Crippen LogP contribution is 2.38. The van der Waals surface area contributed by atoms with Gasteiger partial charge in [-0.05, 0) is 142 Å². The molecule has 12 saturated heterocycles. The third kappa shape index (κ3) is 33.1. The van der Waals surface area contributed by atoms with Crippen LogP contribution in [-0.2, 0) is 19.1 Å². The second-order valence-corrected chi connectivity index (χ2v) is 37.1. The standard InChI is InChI=1S/C15H26N2O3S.C11H16N2OS.C10H15N5O2S.C10H16N2O3S.C9H17N3OS.C9H16N2O2S.C4H10O.N2/c1-15(2,3)20-12(18)8-6-4-5-7-11-13-10(9-21-11)16-14(19)17-13;1-2-3-4-5-6-9-10-8(7-15-9)12-11(14)13-10;11-15-14-8(16)4-2-1-3-7-9-6(5-18-7)12-10(17)13-9;13-8(14)4-2-1-3-7-9-6(5-16-7)11-10(15)12-9;10-4-2-1-3-7-8-6(5-14-7)11-9(13)12-8;12-4-2-1-3-7-8-6(5-14-7)10-9(13)11-8;1-4(2,3)5;1-2/h10-11,13H,4-9H2,1-3H3,(H2,16,17,19);1,8-10H,3-7H2,(H2,12,13,14);6-7,9H,1-5H2,(H2,12,13,17);6-7,9H,1-5H2,(H,13,14)(H2,11,12,15);6-8H,1-5,10H2,(H2,11,12,13);6-8,12H,1-5H2,(H2,10,11,13);5H,1-3H3;/t10-,11-,13-;8-,9-,10-;2*6-,7-,9-;2*6-,7-,8-;;/m000000../s1. The zero-order valence-electron chi connectivity index (χ0n) is 61.6. The van der Waals surface area contributed by atoms with Crippen LogP contribution in [0.15, 0.2) is 5.11 Å². The summed E-state index contributed by atoms with van der Waals surface area (Å²) in [5, 5.41) is 79.2. The van der Waals surface area contributed by atoms with Gasteiger partial charge >= 0.3 is 48.1 Å². The fourth-order valence-electron chi connectivity index (χ4n) is 13.9. The number of nitrogens with zero attached hydrogens (tertiary/aromatic N) is 5. The largest absolute Gasteiger partial charge is 0.481 e. The number of carboxylic acids is 1. The van der Waals surface area contributed by atoms with Crippen LogP contribution in [0.25, 0.3) is 10.4 Å². The predicted octanol–water partition coefficient (Wildman–Crippen LogP) is 7.54. The number of rotatable bonds is 28. The number of nitrogens with two attached hydrogens (primary N) is 1. The van der Waals surface area contributed by atoms with Gasteiger partial charge < -0.3 is 89.6 Å². The smallest absolute Gasteiger partial charge is 0.315 e. The van der Waals surface area contributed by atoms with Gasteiger partial charge in [0.2, 0.25) is 5.91 Å². The number of esters is 1. The van der Waals surface area contributed by atoms with Crippen molar-refractivity contribution in [2.45, 2.75) is 304 Å². The minimum Gasteiger partial charge on any atom is -0.481 e. The number of hydrogen-bond donors (Lipinski definition) is 16. The number of carboxylic acid groups (broad SMARTS) is 1. The zero-order chi connectivity index (χ0) is 77.1. The summed E-state index contributed by atoms with van der Waals surface area (Å²) in [6.45, 7) is 12.0. The summed E-state index contributed by atoms with van der Waals surface area (Å²) in [6.07, 6.45) is 26.4. The van der Waals surface area contributed by atoms with Crippen LogP contribution in [0.5, 0.6) is 0 Å². The number of amides is 13. The van der Waals surface area contributed by atoms with Crippen molar-refractivity contribution in [1.29, 1.82) is 10.8 Å². The SMILES string of the molecule is C#CCCCC[C@@H]1SC[C@@H]2NC(=O)N[C@@H]21.CC(C)(C)O.CC(C)(C)OC(=O)CCCCC[C@@H]1SC[C@@H]2NC(=O)N[C@@H]21.N#N.NCCCC[C@@H]1SC[C@@H]2NC(=O)N[C@@H]21.O=C(O)CCCC[C@@H]1SC[C@@H]2NC(=O)N[C@@H]21.O=C1N[C@H]2[C@H](CS[C@H]2CCCCO)N1.[N-]=[N+]=NC(=O)CCCC[C@@H]1SC[C@@H]2NC(=O)N[C@@H]21. The van der Waals surface area contributed by atoms with E-state index in [1.54, 1.807) is 20.8 Å². The van der Waals surface area contributed by atoms with Gasteiger partial charge in [-0.3, -0.25) is 14.4 Å². The molecule has 592 valence electrons. The number of carbonyl (C=O) groups is 9. The van der Waals surface area contributed by atoms with Crippen molar-refractivity contribution >= 4 is 125 Å².